The minimum Gasteiger partial charge on any atom is -0.481 e. The molecule has 1 rings (SSSR count). The van der Waals surface area contributed by atoms with Gasteiger partial charge in [-0.05, 0) is 64.2 Å². The molecular formula is C20H34O6. The molecule has 150 valence electrons. The van der Waals surface area contributed by atoms with Crippen LogP contribution in [0.15, 0.2) is 12.2 Å². The average Bonchev–Trinajstić information content (AvgIpc) is 2.81. The fourth-order valence-corrected chi connectivity index (χ4v) is 3.63. The number of rotatable bonds is 13. The van der Waals surface area contributed by atoms with Crippen LogP contribution in [0.4, 0.5) is 0 Å². The van der Waals surface area contributed by atoms with Gasteiger partial charge in [-0.2, -0.15) is 0 Å². The van der Waals surface area contributed by atoms with Gasteiger partial charge < -0.3 is 20.4 Å². The van der Waals surface area contributed by atoms with E-state index in [9.17, 15) is 24.9 Å². The smallest absolute Gasteiger partial charge is 0.303 e. The van der Waals surface area contributed by atoms with Gasteiger partial charge in [-0.25, -0.2) is 0 Å². The lowest BCUT2D eigenvalue weighted by Gasteiger charge is -2.21. The van der Waals surface area contributed by atoms with Gasteiger partial charge in [0.25, 0.3) is 0 Å². The highest BCUT2D eigenvalue weighted by Gasteiger charge is 2.40. The fraction of sp³-hybridized carbons (Fsp3) is 0.800. The van der Waals surface area contributed by atoms with E-state index < -0.39 is 18.2 Å². The molecular weight excluding hydrogens is 336 g/mol. The number of allylic oxidation sites excluding steroid dienone is 2. The van der Waals surface area contributed by atoms with Crippen LogP contribution in [0.5, 0.6) is 0 Å². The van der Waals surface area contributed by atoms with Crippen LogP contribution < -0.4 is 0 Å². The second-order valence-corrected chi connectivity index (χ2v) is 7.51. The van der Waals surface area contributed by atoms with Crippen molar-refractivity contribution >= 4 is 11.8 Å². The number of Topliss-reactive ketones (excluding diaryl/α,β-unsaturated/α-hetero) is 1. The highest BCUT2D eigenvalue weighted by molar-refractivity contribution is 5.84. The van der Waals surface area contributed by atoms with Crippen molar-refractivity contribution in [2.75, 3.05) is 0 Å². The van der Waals surface area contributed by atoms with Crippen LogP contribution in [-0.2, 0) is 9.59 Å². The standard InChI is InChI=1S/C20H34O6/c1-14(21)7-6-8-15(22)11-12-17-16(18(23)13-19(17)24)9-4-2-3-5-10-20(25)26/h2,4,14-17,19,21-22,24H,3,5-13H2,1H3,(H,25,26)/b4-2-/t14-,15-,16+,17+,19+/m0/s1. The van der Waals surface area contributed by atoms with E-state index in [2.05, 4.69) is 0 Å². The molecule has 0 aromatic carbocycles. The number of aliphatic hydroxyl groups excluding tert-OH is 3. The number of hydrogen-bond donors (Lipinski definition) is 4. The second kappa shape index (κ2) is 12.2. The first-order chi connectivity index (χ1) is 12.3. The number of carbonyl (C=O) groups is 2. The maximum absolute atomic E-state index is 12.1. The highest BCUT2D eigenvalue weighted by Crippen LogP contribution is 2.36. The Morgan fingerprint density at radius 3 is 2.58 bits per heavy atom. The molecule has 0 amide bonds. The molecule has 4 N–H and O–H groups in total. The zero-order chi connectivity index (χ0) is 19.5. The summed E-state index contributed by atoms with van der Waals surface area (Å²) in [7, 11) is 0. The Labute approximate surface area is 155 Å². The minimum absolute atomic E-state index is 0.0706. The molecule has 0 unspecified atom stereocenters. The Hall–Kier alpha value is -1.24. The molecule has 1 saturated carbocycles. The largest absolute Gasteiger partial charge is 0.481 e. The summed E-state index contributed by atoms with van der Waals surface area (Å²) in [6, 6.07) is 0. The zero-order valence-corrected chi connectivity index (χ0v) is 15.7. The molecule has 0 aromatic heterocycles. The maximum Gasteiger partial charge on any atom is 0.303 e. The van der Waals surface area contributed by atoms with E-state index >= 15 is 0 Å². The van der Waals surface area contributed by atoms with Gasteiger partial charge in [-0.15, -0.1) is 0 Å². The van der Waals surface area contributed by atoms with Gasteiger partial charge in [0, 0.05) is 18.8 Å². The van der Waals surface area contributed by atoms with Crippen molar-refractivity contribution in [1.82, 2.24) is 0 Å². The van der Waals surface area contributed by atoms with Crippen LogP contribution in [-0.4, -0.2) is 50.5 Å². The van der Waals surface area contributed by atoms with Crippen LogP contribution in [0.25, 0.3) is 0 Å². The minimum atomic E-state index is -0.806. The monoisotopic (exact) mass is 370 g/mol. The van der Waals surface area contributed by atoms with Crippen LogP contribution in [0.2, 0.25) is 0 Å². The van der Waals surface area contributed by atoms with Crippen LogP contribution in [0.3, 0.4) is 0 Å². The van der Waals surface area contributed by atoms with Crippen molar-refractivity contribution in [1.29, 1.82) is 0 Å². The normalized spacial score (nSPS) is 25.7. The van der Waals surface area contributed by atoms with E-state index in [-0.39, 0.29) is 36.6 Å². The lowest BCUT2D eigenvalue weighted by Crippen LogP contribution is -2.22. The zero-order valence-electron chi connectivity index (χ0n) is 15.7. The quantitative estimate of drug-likeness (QED) is 0.292. The van der Waals surface area contributed by atoms with Gasteiger partial charge in [-0.3, -0.25) is 9.59 Å². The Morgan fingerprint density at radius 1 is 1.19 bits per heavy atom. The predicted octanol–water partition coefficient (Wildman–Crippen LogP) is 2.45. The third-order valence-corrected chi connectivity index (χ3v) is 5.15. The number of ketones is 1. The van der Waals surface area contributed by atoms with E-state index in [0.717, 1.165) is 6.42 Å². The van der Waals surface area contributed by atoms with Crippen molar-refractivity contribution in [3.63, 3.8) is 0 Å². The van der Waals surface area contributed by atoms with Crippen LogP contribution in [0, 0.1) is 11.8 Å². The van der Waals surface area contributed by atoms with Gasteiger partial charge in [0.1, 0.15) is 5.78 Å². The van der Waals surface area contributed by atoms with Crippen molar-refractivity contribution in [3.05, 3.63) is 12.2 Å². The number of aliphatic carboxylic acids is 1. The molecule has 0 heterocycles. The van der Waals surface area contributed by atoms with E-state index in [0.29, 0.717) is 44.9 Å². The summed E-state index contributed by atoms with van der Waals surface area (Å²) in [5.41, 5.74) is 0. The molecule has 6 heteroatoms. The Balaban J connectivity index is 2.37. The van der Waals surface area contributed by atoms with Gasteiger partial charge in [0.2, 0.25) is 0 Å². The maximum atomic E-state index is 12.1. The van der Waals surface area contributed by atoms with Crippen molar-refractivity contribution in [3.8, 4) is 0 Å². The fourth-order valence-electron chi connectivity index (χ4n) is 3.63. The highest BCUT2D eigenvalue weighted by atomic mass is 16.4. The van der Waals surface area contributed by atoms with Gasteiger partial charge in [-0.1, -0.05) is 12.2 Å². The number of carboxylic acid groups (broad SMARTS) is 1. The van der Waals surface area contributed by atoms with Gasteiger partial charge in [0.05, 0.1) is 18.3 Å². The van der Waals surface area contributed by atoms with E-state index in [1.165, 1.54) is 0 Å². The lowest BCUT2D eigenvalue weighted by atomic mass is 9.86. The molecule has 0 radical (unpaired) electrons. The van der Waals surface area contributed by atoms with Gasteiger partial charge in [0.15, 0.2) is 0 Å². The van der Waals surface area contributed by atoms with Crippen molar-refractivity contribution in [2.24, 2.45) is 11.8 Å². The Kier molecular flexibility index (Phi) is 10.7. The first-order valence-electron chi connectivity index (χ1n) is 9.75. The summed E-state index contributed by atoms with van der Waals surface area (Å²) in [4.78, 5) is 22.6. The Bertz CT molecular complexity index is 459. The number of aliphatic hydroxyl groups is 3. The van der Waals surface area contributed by atoms with Crippen molar-refractivity contribution in [2.45, 2.75) is 89.4 Å². The molecule has 0 saturated heterocycles. The molecule has 0 aromatic rings. The molecule has 1 aliphatic carbocycles. The summed E-state index contributed by atoms with van der Waals surface area (Å²) in [5, 5.41) is 38.1. The molecule has 1 fully saturated rings. The number of hydrogen-bond acceptors (Lipinski definition) is 5. The summed E-state index contributed by atoms with van der Waals surface area (Å²) < 4.78 is 0. The summed E-state index contributed by atoms with van der Waals surface area (Å²) >= 11 is 0. The molecule has 6 nitrogen and oxygen atoms in total. The summed E-state index contributed by atoms with van der Waals surface area (Å²) in [6.45, 7) is 1.73. The van der Waals surface area contributed by atoms with E-state index in [1.54, 1.807) is 6.92 Å². The topological polar surface area (TPSA) is 115 Å². The van der Waals surface area contributed by atoms with Crippen LogP contribution in [0.1, 0.15) is 71.1 Å². The molecule has 5 atom stereocenters. The average molecular weight is 370 g/mol. The van der Waals surface area contributed by atoms with E-state index in [4.69, 9.17) is 5.11 Å². The Morgan fingerprint density at radius 2 is 1.92 bits per heavy atom. The second-order valence-electron chi connectivity index (χ2n) is 7.51. The summed E-state index contributed by atoms with van der Waals surface area (Å²) in [6.07, 6.45) is 7.68. The lowest BCUT2D eigenvalue weighted by molar-refractivity contribution is -0.137. The third-order valence-electron chi connectivity index (χ3n) is 5.15. The van der Waals surface area contributed by atoms with Crippen molar-refractivity contribution < 1.29 is 30.0 Å². The number of carbonyl (C=O) groups excluding carboxylic acids is 1. The summed E-state index contributed by atoms with van der Waals surface area (Å²) in [5.74, 6) is -1.08. The molecule has 0 aliphatic heterocycles. The van der Waals surface area contributed by atoms with Gasteiger partial charge >= 0.3 is 5.97 Å². The third kappa shape index (κ3) is 8.92. The number of unbranched alkanes of at least 4 members (excludes halogenated alkanes) is 1. The van der Waals surface area contributed by atoms with Crippen LogP contribution >= 0.6 is 0 Å². The first kappa shape index (κ1) is 22.8. The molecule has 26 heavy (non-hydrogen) atoms. The SMILES string of the molecule is C[C@H](O)CCC[C@H](O)CC[C@H]1[C@H](O)CC(=O)[C@@H]1C/C=C\CCCC(=O)O. The molecule has 0 bridgehead atoms. The van der Waals surface area contributed by atoms with E-state index in [1.807, 2.05) is 12.2 Å². The first-order valence-corrected chi connectivity index (χ1v) is 9.75. The number of carboxylic acids is 1. The predicted molar refractivity (Wildman–Crippen MR) is 98.6 cm³/mol. The molecule has 1 aliphatic rings. The molecule has 0 spiro atoms.